The Labute approximate surface area is 141 Å². The number of nitrogens with zero attached hydrogens (tertiary/aromatic N) is 1. The normalized spacial score (nSPS) is 11.6. The fourth-order valence-electron chi connectivity index (χ4n) is 2.01. The number of benzene rings is 2. The van der Waals surface area contributed by atoms with Crippen LogP contribution in [-0.4, -0.2) is 26.3 Å². The van der Waals surface area contributed by atoms with E-state index in [9.17, 15) is 13.5 Å². The Morgan fingerprint density at radius 2 is 1.88 bits per heavy atom. The molecule has 0 saturated carbocycles. The Kier molecular flexibility index (Phi) is 5.81. The van der Waals surface area contributed by atoms with Crippen molar-refractivity contribution in [1.82, 2.24) is 4.83 Å². The van der Waals surface area contributed by atoms with Crippen molar-refractivity contribution in [2.24, 2.45) is 5.10 Å². The molecule has 0 bridgehead atoms. The van der Waals surface area contributed by atoms with Crippen LogP contribution in [0.1, 0.15) is 25.0 Å². The van der Waals surface area contributed by atoms with Crippen molar-refractivity contribution in [3.63, 3.8) is 0 Å². The summed E-state index contributed by atoms with van der Waals surface area (Å²) >= 11 is 0. The first-order valence-electron chi connectivity index (χ1n) is 7.56. The number of aryl methyl sites for hydroxylation is 1. The van der Waals surface area contributed by atoms with E-state index in [0.717, 1.165) is 12.0 Å². The van der Waals surface area contributed by atoms with E-state index in [0.29, 0.717) is 17.9 Å². The van der Waals surface area contributed by atoms with Gasteiger partial charge in [-0.1, -0.05) is 19.1 Å². The van der Waals surface area contributed by atoms with E-state index in [1.165, 1.54) is 12.3 Å². The van der Waals surface area contributed by atoms with Gasteiger partial charge in [0, 0.05) is 0 Å². The number of nitrogens with one attached hydrogen (secondary N) is 1. The number of phenolic OH excluding ortho intramolecular Hbond substituents is 1. The van der Waals surface area contributed by atoms with Gasteiger partial charge in [-0.25, -0.2) is 4.83 Å². The van der Waals surface area contributed by atoms with Crippen molar-refractivity contribution in [3.05, 3.63) is 53.6 Å². The van der Waals surface area contributed by atoms with Gasteiger partial charge >= 0.3 is 0 Å². The summed E-state index contributed by atoms with van der Waals surface area (Å²) < 4.78 is 29.6. The Morgan fingerprint density at radius 3 is 2.50 bits per heavy atom. The van der Waals surface area contributed by atoms with Crippen LogP contribution in [0.3, 0.4) is 0 Å². The van der Waals surface area contributed by atoms with E-state index in [1.54, 1.807) is 43.3 Å². The van der Waals surface area contributed by atoms with Gasteiger partial charge in [0.2, 0.25) is 0 Å². The minimum atomic E-state index is -3.71. The van der Waals surface area contributed by atoms with E-state index >= 15 is 0 Å². The maximum Gasteiger partial charge on any atom is 0.276 e. The molecule has 0 aliphatic rings. The van der Waals surface area contributed by atoms with Crippen LogP contribution < -0.4 is 9.57 Å². The number of hydrazone groups is 1. The Bertz CT molecular complexity index is 815. The second kappa shape index (κ2) is 7.83. The third-order valence-corrected chi connectivity index (χ3v) is 4.55. The second-order valence-electron chi connectivity index (χ2n) is 5.01. The second-order valence-corrected chi connectivity index (χ2v) is 6.67. The zero-order valence-corrected chi connectivity index (χ0v) is 14.4. The molecule has 0 aliphatic carbocycles. The lowest BCUT2D eigenvalue weighted by Gasteiger charge is -2.06. The third-order valence-electron chi connectivity index (χ3n) is 3.31. The molecule has 0 radical (unpaired) electrons. The molecule has 0 heterocycles. The molecular formula is C17H20N2O4S. The van der Waals surface area contributed by atoms with Gasteiger partial charge in [-0.2, -0.15) is 13.5 Å². The van der Waals surface area contributed by atoms with Crippen molar-refractivity contribution in [1.29, 1.82) is 0 Å². The summed E-state index contributed by atoms with van der Waals surface area (Å²) in [6, 6.07) is 11.3. The summed E-state index contributed by atoms with van der Waals surface area (Å²) in [7, 11) is -3.71. The Morgan fingerprint density at radius 1 is 1.17 bits per heavy atom. The number of aromatic hydroxyl groups is 1. The van der Waals surface area contributed by atoms with Crippen LogP contribution in [0.2, 0.25) is 0 Å². The highest BCUT2D eigenvalue weighted by atomic mass is 32.2. The van der Waals surface area contributed by atoms with Crippen LogP contribution in [0.25, 0.3) is 0 Å². The first-order valence-corrected chi connectivity index (χ1v) is 9.04. The van der Waals surface area contributed by atoms with Gasteiger partial charge in [0.1, 0.15) is 0 Å². The Hall–Kier alpha value is -2.54. The highest BCUT2D eigenvalue weighted by Gasteiger charge is 2.12. The number of phenols is 1. The molecule has 0 unspecified atom stereocenters. The van der Waals surface area contributed by atoms with Crippen molar-refractivity contribution < 1.29 is 18.3 Å². The zero-order chi connectivity index (χ0) is 17.6. The smallest absolute Gasteiger partial charge is 0.276 e. The molecule has 0 amide bonds. The molecule has 128 valence electrons. The molecule has 2 aromatic carbocycles. The predicted molar refractivity (Wildman–Crippen MR) is 93.0 cm³/mol. The predicted octanol–water partition coefficient (Wildman–Crippen LogP) is 2.67. The van der Waals surface area contributed by atoms with Crippen LogP contribution in [0.4, 0.5) is 0 Å². The maximum absolute atomic E-state index is 12.2. The van der Waals surface area contributed by atoms with E-state index < -0.39 is 10.0 Å². The first-order chi connectivity index (χ1) is 11.5. The number of ether oxygens (including phenoxy) is 1. The third kappa shape index (κ3) is 4.48. The van der Waals surface area contributed by atoms with Crippen LogP contribution in [0.5, 0.6) is 11.5 Å². The minimum Gasteiger partial charge on any atom is -0.504 e. The Balaban J connectivity index is 2.10. The van der Waals surface area contributed by atoms with Crippen LogP contribution in [0.15, 0.2) is 52.5 Å². The number of rotatable bonds is 7. The topological polar surface area (TPSA) is 88.0 Å². The monoisotopic (exact) mass is 348 g/mol. The molecule has 0 aromatic heterocycles. The molecule has 2 N–H and O–H groups in total. The maximum atomic E-state index is 12.2. The summed E-state index contributed by atoms with van der Waals surface area (Å²) in [6.07, 6.45) is 2.19. The average molecular weight is 348 g/mol. The summed E-state index contributed by atoms with van der Waals surface area (Å²) in [5.41, 5.74) is 1.66. The van der Waals surface area contributed by atoms with Gasteiger partial charge in [-0.05, 0) is 54.8 Å². The van der Waals surface area contributed by atoms with Crippen LogP contribution in [0, 0.1) is 0 Å². The van der Waals surface area contributed by atoms with Gasteiger partial charge < -0.3 is 9.84 Å². The van der Waals surface area contributed by atoms with Gasteiger partial charge in [0.25, 0.3) is 10.0 Å². The lowest BCUT2D eigenvalue weighted by Crippen LogP contribution is -2.18. The van der Waals surface area contributed by atoms with E-state index in [4.69, 9.17) is 4.74 Å². The SMILES string of the molecule is CCOc1cc(/C=N\NS(=O)(=O)c2ccc(CC)cc2)ccc1O. The van der Waals surface area contributed by atoms with E-state index in [-0.39, 0.29) is 10.6 Å². The molecule has 2 aromatic rings. The number of sulfonamides is 1. The van der Waals surface area contributed by atoms with Gasteiger partial charge in [-0.3, -0.25) is 0 Å². The minimum absolute atomic E-state index is 0.0191. The van der Waals surface area contributed by atoms with Gasteiger partial charge in [0.15, 0.2) is 11.5 Å². The average Bonchev–Trinajstić information content (AvgIpc) is 2.58. The van der Waals surface area contributed by atoms with E-state index in [1.807, 2.05) is 6.92 Å². The lowest BCUT2D eigenvalue weighted by molar-refractivity contribution is 0.318. The number of hydrogen-bond donors (Lipinski definition) is 2. The molecule has 0 atom stereocenters. The molecular weight excluding hydrogens is 328 g/mol. The molecule has 0 aliphatic heterocycles. The van der Waals surface area contributed by atoms with Gasteiger partial charge in [-0.15, -0.1) is 0 Å². The van der Waals surface area contributed by atoms with Crippen molar-refractivity contribution in [3.8, 4) is 11.5 Å². The first kappa shape index (κ1) is 17.8. The molecule has 0 saturated heterocycles. The zero-order valence-electron chi connectivity index (χ0n) is 13.6. The summed E-state index contributed by atoms with van der Waals surface area (Å²) in [4.78, 5) is 2.32. The largest absolute Gasteiger partial charge is 0.504 e. The van der Waals surface area contributed by atoms with Crippen molar-refractivity contribution in [2.45, 2.75) is 25.2 Å². The summed E-state index contributed by atoms with van der Waals surface area (Å²) in [5.74, 6) is 0.338. The standard InChI is InChI=1S/C17H20N2O4S/c1-3-13-5-8-15(9-6-13)24(21,22)19-18-12-14-7-10-16(20)17(11-14)23-4-2/h5-12,19-20H,3-4H2,1-2H3/b18-12-. The fourth-order valence-corrected chi connectivity index (χ4v) is 2.80. The van der Waals surface area contributed by atoms with Crippen LogP contribution >= 0.6 is 0 Å². The van der Waals surface area contributed by atoms with Crippen molar-refractivity contribution in [2.75, 3.05) is 6.61 Å². The summed E-state index contributed by atoms with van der Waals surface area (Å²) in [6.45, 7) is 4.22. The molecule has 0 fully saturated rings. The molecule has 7 heteroatoms. The van der Waals surface area contributed by atoms with Crippen LogP contribution in [-0.2, 0) is 16.4 Å². The summed E-state index contributed by atoms with van der Waals surface area (Å²) in [5, 5.41) is 13.4. The lowest BCUT2D eigenvalue weighted by atomic mass is 10.2. The van der Waals surface area contributed by atoms with Crippen molar-refractivity contribution >= 4 is 16.2 Å². The number of hydrogen-bond acceptors (Lipinski definition) is 5. The molecule has 6 nitrogen and oxygen atoms in total. The molecule has 24 heavy (non-hydrogen) atoms. The fraction of sp³-hybridized carbons (Fsp3) is 0.235. The quantitative estimate of drug-likeness (QED) is 0.595. The highest BCUT2D eigenvalue weighted by Crippen LogP contribution is 2.26. The molecule has 2 rings (SSSR count). The van der Waals surface area contributed by atoms with E-state index in [2.05, 4.69) is 9.93 Å². The highest BCUT2D eigenvalue weighted by molar-refractivity contribution is 7.89. The van der Waals surface area contributed by atoms with Gasteiger partial charge in [0.05, 0.1) is 17.7 Å². The molecule has 0 spiro atoms.